The lowest BCUT2D eigenvalue weighted by Gasteiger charge is -2.29. The van der Waals surface area contributed by atoms with E-state index in [0.717, 1.165) is 44.4 Å². The molecule has 1 aliphatic heterocycles. The fourth-order valence-corrected chi connectivity index (χ4v) is 2.30. The van der Waals surface area contributed by atoms with Crippen molar-refractivity contribution in [3.63, 3.8) is 0 Å². The van der Waals surface area contributed by atoms with Crippen LogP contribution in [0.15, 0.2) is 29.3 Å². The highest BCUT2D eigenvalue weighted by molar-refractivity contribution is 5.85. The predicted molar refractivity (Wildman–Crippen MR) is 85.2 cm³/mol. The van der Waals surface area contributed by atoms with Crippen LogP contribution in [0.3, 0.4) is 0 Å². The fourth-order valence-electron chi connectivity index (χ4n) is 2.30. The monoisotopic (exact) mass is 275 g/mol. The Balaban J connectivity index is 2.08. The van der Waals surface area contributed by atoms with Crippen LogP contribution in [-0.4, -0.2) is 38.7 Å². The number of hydrogen-bond donors (Lipinski definition) is 1. The van der Waals surface area contributed by atoms with Crippen LogP contribution < -0.4 is 10.2 Å². The van der Waals surface area contributed by atoms with Crippen molar-refractivity contribution in [1.82, 2.24) is 5.32 Å². The normalized spacial score (nSPS) is 16.3. The van der Waals surface area contributed by atoms with Crippen molar-refractivity contribution in [2.45, 2.75) is 26.7 Å². The van der Waals surface area contributed by atoms with Crippen molar-refractivity contribution in [3.8, 4) is 0 Å². The number of aliphatic imine (C=N–C) groups is 1. The van der Waals surface area contributed by atoms with Crippen molar-refractivity contribution < 1.29 is 4.74 Å². The quantitative estimate of drug-likeness (QED) is 0.510. The van der Waals surface area contributed by atoms with Gasteiger partial charge in [-0.25, -0.2) is 4.99 Å². The van der Waals surface area contributed by atoms with Crippen molar-refractivity contribution >= 4 is 17.2 Å². The van der Waals surface area contributed by atoms with E-state index in [4.69, 9.17) is 9.73 Å². The zero-order valence-corrected chi connectivity index (χ0v) is 12.6. The van der Waals surface area contributed by atoms with Gasteiger partial charge in [-0.1, -0.05) is 25.5 Å². The first-order chi connectivity index (χ1) is 9.81. The summed E-state index contributed by atoms with van der Waals surface area (Å²) in [5.74, 6) is 0.985. The molecule has 0 aromatic heterocycles. The van der Waals surface area contributed by atoms with Crippen LogP contribution in [-0.2, 0) is 4.74 Å². The maximum Gasteiger partial charge on any atom is 0.0991 e. The second-order valence-corrected chi connectivity index (χ2v) is 5.07. The third-order valence-electron chi connectivity index (χ3n) is 3.43. The molecule has 1 aromatic rings. The molecule has 0 atom stereocenters. The molecule has 0 bridgehead atoms. The lowest BCUT2D eigenvalue weighted by Crippen LogP contribution is -2.36. The second kappa shape index (κ2) is 7.90. The summed E-state index contributed by atoms with van der Waals surface area (Å²) in [6, 6.07) is 8.34. The largest absolute Gasteiger partial charge is 0.378 e. The minimum atomic E-state index is 0.797. The molecule has 20 heavy (non-hydrogen) atoms. The number of morpholine rings is 1. The van der Waals surface area contributed by atoms with Gasteiger partial charge in [0.2, 0.25) is 0 Å². The Hall–Kier alpha value is -1.55. The molecule has 1 fully saturated rings. The average Bonchev–Trinajstić information content (AvgIpc) is 2.49. The first-order valence-electron chi connectivity index (χ1n) is 7.52. The van der Waals surface area contributed by atoms with Crippen molar-refractivity contribution in [2.75, 3.05) is 37.7 Å². The van der Waals surface area contributed by atoms with Crippen molar-refractivity contribution in [2.24, 2.45) is 4.99 Å². The molecule has 1 saturated heterocycles. The lowest BCUT2D eigenvalue weighted by atomic mass is 10.2. The Morgan fingerprint density at radius 3 is 2.80 bits per heavy atom. The van der Waals surface area contributed by atoms with Gasteiger partial charge >= 0.3 is 0 Å². The molecule has 4 heteroatoms. The Morgan fingerprint density at radius 2 is 2.05 bits per heavy atom. The van der Waals surface area contributed by atoms with Crippen LogP contribution in [0.1, 0.15) is 26.7 Å². The van der Waals surface area contributed by atoms with Crippen LogP contribution in [0.25, 0.3) is 0 Å². The van der Waals surface area contributed by atoms with E-state index in [2.05, 4.69) is 35.3 Å². The molecule has 1 heterocycles. The fraction of sp³-hybridized carbons (Fsp3) is 0.562. The van der Waals surface area contributed by atoms with E-state index in [1.54, 1.807) is 0 Å². The summed E-state index contributed by atoms with van der Waals surface area (Å²) in [6.45, 7) is 8.69. The van der Waals surface area contributed by atoms with E-state index >= 15 is 0 Å². The Labute approximate surface area is 121 Å². The number of amidine groups is 1. The number of nitrogens with zero attached hydrogens (tertiary/aromatic N) is 2. The number of unbranched alkanes of at least 4 members (excludes halogenated alkanes) is 1. The number of rotatable bonds is 5. The van der Waals surface area contributed by atoms with Crippen LogP contribution in [0.4, 0.5) is 11.4 Å². The Bertz CT molecular complexity index is 439. The molecule has 0 spiro atoms. The van der Waals surface area contributed by atoms with Gasteiger partial charge < -0.3 is 15.0 Å². The van der Waals surface area contributed by atoms with E-state index < -0.39 is 0 Å². The molecule has 0 saturated carbocycles. The molecule has 110 valence electrons. The molecule has 0 unspecified atom stereocenters. The van der Waals surface area contributed by atoms with Gasteiger partial charge in [-0.3, -0.25) is 0 Å². The van der Waals surface area contributed by atoms with Crippen molar-refractivity contribution in [1.29, 1.82) is 0 Å². The topological polar surface area (TPSA) is 36.9 Å². The summed E-state index contributed by atoms with van der Waals surface area (Å²) in [6.07, 6.45) is 2.38. The van der Waals surface area contributed by atoms with Gasteiger partial charge in [-0.15, -0.1) is 0 Å². The molecule has 1 aromatic carbocycles. The smallest absolute Gasteiger partial charge is 0.0991 e. The van der Waals surface area contributed by atoms with Gasteiger partial charge in [-0.05, 0) is 25.5 Å². The minimum absolute atomic E-state index is 0.797. The van der Waals surface area contributed by atoms with E-state index in [1.807, 2.05) is 13.0 Å². The SMILES string of the molecule is CCCCN/C(C)=N/c1ccccc1N1CCOCC1. The molecule has 0 aliphatic carbocycles. The molecule has 2 rings (SSSR count). The van der Waals surface area contributed by atoms with Crippen LogP contribution in [0.5, 0.6) is 0 Å². The summed E-state index contributed by atoms with van der Waals surface area (Å²) in [4.78, 5) is 7.08. The number of benzene rings is 1. The van der Waals surface area contributed by atoms with E-state index in [-0.39, 0.29) is 0 Å². The number of ether oxygens (including phenoxy) is 1. The summed E-state index contributed by atoms with van der Waals surface area (Å²) >= 11 is 0. The third-order valence-corrected chi connectivity index (χ3v) is 3.43. The molecule has 0 amide bonds. The maximum atomic E-state index is 5.42. The molecular formula is C16H25N3O. The van der Waals surface area contributed by atoms with E-state index in [0.29, 0.717) is 0 Å². The van der Waals surface area contributed by atoms with Gasteiger partial charge in [0.15, 0.2) is 0 Å². The molecule has 4 nitrogen and oxygen atoms in total. The highest BCUT2D eigenvalue weighted by atomic mass is 16.5. The minimum Gasteiger partial charge on any atom is -0.378 e. The third kappa shape index (κ3) is 4.23. The standard InChI is InChI=1S/C16H25N3O/c1-3-4-9-17-14(2)18-15-7-5-6-8-16(15)19-10-12-20-13-11-19/h5-8H,3-4,9-13H2,1-2H3,(H,17,18). The van der Waals surface area contributed by atoms with Gasteiger partial charge in [0, 0.05) is 19.6 Å². The van der Waals surface area contributed by atoms with E-state index in [1.165, 1.54) is 18.5 Å². The van der Waals surface area contributed by atoms with Crippen LogP contribution >= 0.6 is 0 Å². The predicted octanol–water partition coefficient (Wildman–Crippen LogP) is 2.96. The maximum absolute atomic E-state index is 5.42. The van der Waals surface area contributed by atoms with E-state index in [9.17, 15) is 0 Å². The van der Waals surface area contributed by atoms with Crippen molar-refractivity contribution in [3.05, 3.63) is 24.3 Å². The summed E-state index contributed by atoms with van der Waals surface area (Å²) in [5, 5.41) is 3.37. The van der Waals surface area contributed by atoms with Crippen LogP contribution in [0.2, 0.25) is 0 Å². The average molecular weight is 275 g/mol. The Morgan fingerprint density at radius 1 is 1.30 bits per heavy atom. The first-order valence-corrected chi connectivity index (χ1v) is 7.52. The van der Waals surface area contributed by atoms with Gasteiger partial charge in [0.25, 0.3) is 0 Å². The molecular weight excluding hydrogens is 250 g/mol. The number of hydrogen-bond acceptors (Lipinski definition) is 3. The van der Waals surface area contributed by atoms with Gasteiger partial charge in [-0.2, -0.15) is 0 Å². The zero-order chi connectivity index (χ0) is 14.2. The van der Waals surface area contributed by atoms with Crippen LogP contribution in [0, 0.1) is 0 Å². The first kappa shape index (κ1) is 14.9. The summed E-state index contributed by atoms with van der Waals surface area (Å²) in [7, 11) is 0. The molecule has 1 aliphatic rings. The van der Waals surface area contributed by atoms with Gasteiger partial charge in [0.1, 0.15) is 0 Å². The highest BCUT2D eigenvalue weighted by Gasteiger charge is 2.14. The molecule has 0 radical (unpaired) electrons. The zero-order valence-electron chi connectivity index (χ0n) is 12.6. The lowest BCUT2D eigenvalue weighted by molar-refractivity contribution is 0.123. The number of anilines is 1. The summed E-state index contributed by atoms with van der Waals surface area (Å²) < 4.78 is 5.42. The number of para-hydroxylation sites is 2. The highest BCUT2D eigenvalue weighted by Crippen LogP contribution is 2.28. The Kier molecular flexibility index (Phi) is 5.87. The van der Waals surface area contributed by atoms with Gasteiger partial charge in [0.05, 0.1) is 30.4 Å². The number of nitrogens with one attached hydrogen (secondary N) is 1. The second-order valence-electron chi connectivity index (χ2n) is 5.07. The summed E-state index contributed by atoms with van der Waals surface area (Å²) in [5.41, 5.74) is 2.24. The molecule has 1 N–H and O–H groups in total.